The fraction of sp³-hybridized carbons (Fsp3) is 0. The molecule has 25 heavy (non-hydrogen) atoms. The molecule has 4 nitrogen and oxygen atoms in total. The van der Waals surface area contributed by atoms with Crippen molar-refractivity contribution >= 4 is 22.0 Å². The van der Waals surface area contributed by atoms with E-state index in [4.69, 9.17) is 4.42 Å². The standard InChI is InChI=1S/C21H13N3O/c1-3-19-18(17(7-10-23-19)14-5-8-22-9-6-14)11-15(1)16-2-4-21-20(12-16)24-13-25-21/h1-13H. The third-order valence-corrected chi connectivity index (χ3v) is 4.40. The highest BCUT2D eigenvalue weighted by atomic mass is 16.3. The monoisotopic (exact) mass is 323 g/mol. The van der Waals surface area contributed by atoms with Gasteiger partial charge in [0.25, 0.3) is 0 Å². The molecule has 0 fully saturated rings. The van der Waals surface area contributed by atoms with Gasteiger partial charge in [-0.15, -0.1) is 0 Å². The topological polar surface area (TPSA) is 51.8 Å². The first-order valence-electron chi connectivity index (χ1n) is 8.01. The molecule has 0 bridgehead atoms. The van der Waals surface area contributed by atoms with Gasteiger partial charge >= 0.3 is 0 Å². The van der Waals surface area contributed by atoms with Crippen LogP contribution in [0.2, 0.25) is 0 Å². The SMILES string of the molecule is c1cc(-c2ccnc3ccc(-c4ccc5ocnc5c4)cc23)ccn1. The fourth-order valence-electron chi connectivity index (χ4n) is 3.15. The number of benzene rings is 2. The molecular weight excluding hydrogens is 310 g/mol. The van der Waals surface area contributed by atoms with Gasteiger partial charge in [-0.3, -0.25) is 9.97 Å². The van der Waals surface area contributed by atoms with Gasteiger partial charge in [0, 0.05) is 24.0 Å². The van der Waals surface area contributed by atoms with Crippen LogP contribution < -0.4 is 0 Å². The number of oxazole rings is 1. The summed E-state index contributed by atoms with van der Waals surface area (Å²) in [5.41, 5.74) is 7.14. The molecule has 0 atom stereocenters. The fourth-order valence-corrected chi connectivity index (χ4v) is 3.15. The van der Waals surface area contributed by atoms with Crippen molar-refractivity contribution in [2.45, 2.75) is 0 Å². The predicted octanol–water partition coefficient (Wildman–Crippen LogP) is 5.11. The summed E-state index contributed by atoms with van der Waals surface area (Å²) in [6.45, 7) is 0. The van der Waals surface area contributed by atoms with Gasteiger partial charge in [-0.05, 0) is 64.7 Å². The predicted molar refractivity (Wildman–Crippen MR) is 98.0 cm³/mol. The first-order chi connectivity index (χ1) is 12.4. The highest BCUT2D eigenvalue weighted by Crippen LogP contribution is 2.31. The van der Waals surface area contributed by atoms with Crippen molar-refractivity contribution in [3.63, 3.8) is 0 Å². The average Bonchev–Trinajstić information content (AvgIpc) is 3.15. The van der Waals surface area contributed by atoms with Crippen LogP contribution in [0.15, 0.2) is 84.0 Å². The van der Waals surface area contributed by atoms with E-state index in [0.29, 0.717) is 0 Å². The van der Waals surface area contributed by atoms with Crippen molar-refractivity contribution in [3.05, 3.63) is 79.6 Å². The van der Waals surface area contributed by atoms with Gasteiger partial charge in [0.1, 0.15) is 5.52 Å². The van der Waals surface area contributed by atoms with Gasteiger partial charge in [-0.2, -0.15) is 0 Å². The van der Waals surface area contributed by atoms with Crippen LogP contribution in [0.5, 0.6) is 0 Å². The van der Waals surface area contributed by atoms with Crippen LogP contribution in [-0.2, 0) is 0 Å². The van der Waals surface area contributed by atoms with Crippen molar-refractivity contribution in [1.82, 2.24) is 15.0 Å². The minimum atomic E-state index is 0.795. The van der Waals surface area contributed by atoms with E-state index in [9.17, 15) is 0 Å². The van der Waals surface area contributed by atoms with E-state index >= 15 is 0 Å². The Balaban J connectivity index is 1.72. The Kier molecular flexibility index (Phi) is 3.07. The summed E-state index contributed by atoms with van der Waals surface area (Å²) in [4.78, 5) is 12.9. The molecule has 0 aliphatic heterocycles. The number of hydrogen-bond donors (Lipinski definition) is 0. The Labute approximate surface area is 143 Å². The number of aromatic nitrogens is 3. The van der Waals surface area contributed by atoms with Gasteiger partial charge in [0.2, 0.25) is 0 Å². The zero-order valence-electron chi connectivity index (χ0n) is 13.3. The molecule has 0 radical (unpaired) electrons. The lowest BCUT2D eigenvalue weighted by Gasteiger charge is -2.09. The molecule has 0 aliphatic carbocycles. The van der Waals surface area contributed by atoms with E-state index in [-0.39, 0.29) is 0 Å². The molecule has 0 aliphatic rings. The van der Waals surface area contributed by atoms with Crippen molar-refractivity contribution in [1.29, 1.82) is 0 Å². The molecule has 0 saturated carbocycles. The third kappa shape index (κ3) is 2.35. The molecule has 0 N–H and O–H groups in total. The van der Waals surface area contributed by atoms with Crippen LogP contribution in [-0.4, -0.2) is 15.0 Å². The van der Waals surface area contributed by atoms with Gasteiger partial charge in [-0.25, -0.2) is 4.98 Å². The van der Waals surface area contributed by atoms with Crippen LogP contribution in [0, 0.1) is 0 Å². The maximum absolute atomic E-state index is 5.33. The number of pyridine rings is 2. The van der Waals surface area contributed by atoms with E-state index < -0.39 is 0 Å². The molecule has 5 aromatic rings. The summed E-state index contributed by atoms with van der Waals surface area (Å²) < 4.78 is 5.33. The minimum absolute atomic E-state index is 0.795. The highest BCUT2D eigenvalue weighted by Gasteiger charge is 2.08. The first-order valence-corrected chi connectivity index (χ1v) is 8.01. The van der Waals surface area contributed by atoms with Crippen LogP contribution in [0.3, 0.4) is 0 Å². The molecule has 118 valence electrons. The number of hydrogen-bond acceptors (Lipinski definition) is 4. The van der Waals surface area contributed by atoms with Gasteiger partial charge < -0.3 is 4.42 Å². The van der Waals surface area contributed by atoms with Crippen LogP contribution >= 0.6 is 0 Å². The lowest BCUT2D eigenvalue weighted by molar-refractivity contribution is 0.602. The van der Waals surface area contributed by atoms with E-state index in [0.717, 1.165) is 44.3 Å². The molecule has 0 unspecified atom stereocenters. The molecule has 0 spiro atoms. The molecule has 5 rings (SSSR count). The minimum Gasteiger partial charge on any atom is -0.443 e. The lowest BCUT2D eigenvalue weighted by Crippen LogP contribution is -1.86. The maximum atomic E-state index is 5.33. The van der Waals surface area contributed by atoms with E-state index in [1.807, 2.05) is 48.9 Å². The van der Waals surface area contributed by atoms with Gasteiger partial charge in [-0.1, -0.05) is 12.1 Å². The van der Waals surface area contributed by atoms with Crippen molar-refractivity contribution < 1.29 is 4.42 Å². The largest absolute Gasteiger partial charge is 0.443 e. The maximum Gasteiger partial charge on any atom is 0.181 e. The van der Waals surface area contributed by atoms with E-state index in [1.165, 1.54) is 6.39 Å². The Morgan fingerprint density at radius 1 is 0.640 bits per heavy atom. The summed E-state index contributed by atoms with van der Waals surface area (Å²) in [6.07, 6.45) is 6.94. The Morgan fingerprint density at radius 2 is 1.48 bits per heavy atom. The second-order valence-electron chi connectivity index (χ2n) is 5.86. The second-order valence-corrected chi connectivity index (χ2v) is 5.86. The van der Waals surface area contributed by atoms with Crippen molar-refractivity contribution in [2.75, 3.05) is 0 Å². The van der Waals surface area contributed by atoms with Crippen LogP contribution in [0.4, 0.5) is 0 Å². The summed E-state index contributed by atoms with van der Waals surface area (Å²) >= 11 is 0. The van der Waals surface area contributed by atoms with Crippen LogP contribution in [0.1, 0.15) is 0 Å². The lowest BCUT2D eigenvalue weighted by atomic mass is 9.98. The smallest absolute Gasteiger partial charge is 0.181 e. The Hall–Kier alpha value is -3.53. The molecule has 2 aromatic carbocycles. The van der Waals surface area contributed by atoms with Crippen LogP contribution in [0.25, 0.3) is 44.3 Å². The van der Waals surface area contributed by atoms with Crippen molar-refractivity contribution in [2.24, 2.45) is 0 Å². The number of rotatable bonds is 2. The quantitative estimate of drug-likeness (QED) is 0.453. The molecule has 4 heteroatoms. The molecule has 0 saturated heterocycles. The number of nitrogens with zero attached hydrogens (tertiary/aromatic N) is 3. The summed E-state index contributed by atoms with van der Waals surface area (Å²) in [5.74, 6) is 0. The summed E-state index contributed by atoms with van der Waals surface area (Å²) in [7, 11) is 0. The normalized spacial score (nSPS) is 11.2. The number of fused-ring (bicyclic) bond motifs is 2. The van der Waals surface area contributed by atoms with Gasteiger partial charge in [0.05, 0.1) is 5.52 Å². The molecule has 3 heterocycles. The highest BCUT2D eigenvalue weighted by molar-refractivity contribution is 5.97. The van der Waals surface area contributed by atoms with E-state index in [1.54, 1.807) is 0 Å². The third-order valence-electron chi connectivity index (χ3n) is 4.40. The molecule has 3 aromatic heterocycles. The second kappa shape index (κ2) is 5.53. The Morgan fingerprint density at radius 3 is 2.40 bits per heavy atom. The zero-order chi connectivity index (χ0) is 16.6. The Bertz CT molecular complexity index is 1200. The first kappa shape index (κ1) is 13.9. The summed E-state index contributed by atoms with van der Waals surface area (Å²) in [5, 5.41) is 1.12. The van der Waals surface area contributed by atoms with Crippen molar-refractivity contribution in [3.8, 4) is 22.3 Å². The van der Waals surface area contributed by atoms with Gasteiger partial charge in [0.15, 0.2) is 12.0 Å². The summed E-state index contributed by atoms with van der Waals surface area (Å²) in [6, 6.07) is 18.5. The molecular formula is C21H13N3O. The van der Waals surface area contributed by atoms with E-state index in [2.05, 4.69) is 39.2 Å². The zero-order valence-corrected chi connectivity index (χ0v) is 13.3. The average molecular weight is 323 g/mol. The molecule has 0 amide bonds.